The van der Waals surface area contributed by atoms with Gasteiger partial charge < -0.3 is 0 Å². The molecular formula is C16H16Cl2Pt. The molecule has 0 radical (unpaired) electrons. The van der Waals surface area contributed by atoms with Crippen LogP contribution in [-0.2, 0) is 16.5 Å². The van der Waals surface area contributed by atoms with E-state index in [1.807, 2.05) is 72.8 Å². The van der Waals surface area contributed by atoms with Crippen molar-refractivity contribution in [2.45, 2.75) is 0 Å². The van der Waals surface area contributed by atoms with E-state index in [-0.39, 0.29) is 0 Å². The van der Waals surface area contributed by atoms with Crippen LogP contribution in [0.4, 0.5) is 0 Å². The second-order valence-corrected chi connectivity index (χ2v) is 6.56. The van der Waals surface area contributed by atoms with Gasteiger partial charge in [-0.25, -0.2) is 0 Å². The summed E-state index contributed by atoms with van der Waals surface area (Å²) in [6, 6.07) is 20.1. The Kier molecular flexibility index (Phi) is 13.0. The summed E-state index contributed by atoms with van der Waals surface area (Å²) in [5, 5.41) is 0. The molecule has 0 heterocycles. The van der Waals surface area contributed by atoms with Crippen molar-refractivity contribution in [1.82, 2.24) is 0 Å². The van der Waals surface area contributed by atoms with Gasteiger partial charge in [0.2, 0.25) is 0 Å². The van der Waals surface area contributed by atoms with Crippen LogP contribution in [0.25, 0.3) is 12.2 Å². The van der Waals surface area contributed by atoms with Crippen LogP contribution >= 0.6 is 18.8 Å². The van der Waals surface area contributed by atoms with Crippen molar-refractivity contribution in [2.24, 2.45) is 0 Å². The molecule has 0 saturated carbocycles. The van der Waals surface area contributed by atoms with E-state index in [0.717, 1.165) is 0 Å². The van der Waals surface area contributed by atoms with Crippen molar-refractivity contribution < 1.29 is 16.5 Å². The molecule has 0 aliphatic heterocycles. The van der Waals surface area contributed by atoms with Gasteiger partial charge in [-0.15, -0.1) is 0 Å². The summed E-state index contributed by atoms with van der Waals surface area (Å²) in [6.07, 6.45) is 3.67. The molecule has 0 aliphatic rings. The van der Waals surface area contributed by atoms with Crippen LogP contribution in [0.1, 0.15) is 11.1 Å². The third-order valence-electron chi connectivity index (χ3n) is 2.07. The summed E-state index contributed by atoms with van der Waals surface area (Å²) in [4.78, 5) is 0. The summed E-state index contributed by atoms with van der Waals surface area (Å²) in [5.41, 5.74) is 2.35. The van der Waals surface area contributed by atoms with Crippen molar-refractivity contribution in [3.05, 3.63) is 84.9 Å². The summed E-state index contributed by atoms with van der Waals surface area (Å²) >= 11 is -0.472. The minimum absolute atomic E-state index is 0.472. The van der Waals surface area contributed by atoms with Crippen molar-refractivity contribution in [3.8, 4) is 0 Å². The Labute approximate surface area is 132 Å². The van der Waals surface area contributed by atoms with Gasteiger partial charge in [-0.3, -0.25) is 0 Å². The van der Waals surface area contributed by atoms with Crippen LogP contribution in [0.2, 0.25) is 0 Å². The molecule has 0 saturated heterocycles. The van der Waals surface area contributed by atoms with Crippen molar-refractivity contribution in [1.29, 1.82) is 0 Å². The summed E-state index contributed by atoms with van der Waals surface area (Å²) in [5.74, 6) is 0. The number of benzene rings is 2. The molecule has 0 bridgehead atoms. The van der Waals surface area contributed by atoms with E-state index in [1.54, 1.807) is 0 Å². The molecule has 0 atom stereocenters. The Morgan fingerprint density at radius 3 is 1.11 bits per heavy atom. The normalized spacial score (nSPS) is 8.32. The first-order valence-electron chi connectivity index (χ1n) is 5.45. The van der Waals surface area contributed by atoms with Gasteiger partial charge in [0.1, 0.15) is 0 Å². The second kappa shape index (κ2) is 13.6. The molecule has 0 aromatic heterocycles. The molecule has 19 heavy (non-hydrogen) atoms. The molecule has 0 N–H and O–H groups in total. The molecule has 104 valence electrons. The van der Waals surface area contributed by atoms with Gasteiger partial charge in [-0.2, -0.15) is 0 Å². The molecule has 0 amide bonds. The van der Waals surface area contributed by atoms with Crippen LogP contribution in [0, 0.1) is 0 Å². The molecule has 3 heteroatoms. The Morgan fingerprint density at radius 2 is 0.947 bits per heavy atom. The van der Waals surface area contributed by atoms with E-state index in [9.17, 15) is 0 Å². The van der Waals surface area contributed by atoms with Gasteiger partial charge in [0.15, 0.2) is 0 Å². The van der Waals surface area contributed by atoms with E-state index < -0.39 is 16.5 Å². The predicted octanol–water partition coefficient (Wildman–Crippen LogP) is 6.04. The van der Waals surface area contributed by atoms with Crippen LogP contribution in [0.15, 0.2) is 73.8 Å². The van der Waals surface area contributed by atoms with E-state index in [4.69, 9.17) is 18.8 Å². The molecule has 0 aliphatic carbocycles. The van der Waals surface area contributed by atoms with Gasteiger partial charge in [-0.1, -0.05) is 86.0 Å². The summed E-state index contributed by atoms with van der Waals surface area (Å²) < 4.78 is 0. The fraction of sp³-hybridized carbons (Fsp3) is 0. The van der Waals surface area contributed by atoms with E-state index in [2.05, 4.69) is 13.2 Å². The molecule has 2 aromatic rings. The molecule has 0 spiro atoms. The quantitative estimate of drug-likeness (QED) is 0.499. The average molecular weight is 474 g/mol. The minimum atomic E-state index is -0.472. The van der Waals surface area contributed by atoms with Gasteiger partial charge in [0, 0.05) is 0 Å². The zero-order valence-corrected chi connectivity index (χ0v) is 14.2. The first-order valence-corrected chi connectivity index (χ1v) is 11.1. The zero-order valence-electron chi connectivity index (χ0n) is 10.4. The van der Waals surface area contributed by atoms with Crippen molar-refractivity contribution in [2.75, 3.05) is 0 Å². The van der Waals surface area contributed by atoms with Gasteiger partial charge in [0.05, 0.1) is 0 Å². The molecule has 2 rings (SSSR count). The predicted molar refractivity (Wildman–Crippen MR) is 84.8 cm³/mol. The molecule has 0 unspecified atom stereocenters. The monoisotopic (exact) mass is 473 g/mol. The fourth-order valence-electron chi connectivity index (χ4n) is 1.18. The molecule has 2 aromatic carbocycles. The van der Waals surface area contributed by atoms with Crippen LogP contribution < -0.4 is 0 Å². The van der Waals surface area contributed by atoms with E-state index >= 15 is 0 Å². The number of rotatable bonds is 2. The Morgan fingerprint density at radius 1 is 0.684 bits per heavy atom. The first-order chi connectivity index (χ1) is 9.28. The van der Waals surface area contributed by atoms with Crippen molar-refractivity contribution in [3.63, 3.8) is 0 Å². The standard InChI is InChI=1S/2C8H8.2ClH.Pt/c2*1-2-8-6-4-3-5-7-8;;;/h2*2-7H,1H2;2*1H;/q;;;;+2/p-2. The van der Waals surface area contributed by atoms with Crippen LogP contribution in [-0.4, -0.2) is 0 Å². The Balaban J connectivity index is 0.000000284. The topological polar surface area (TPSA) is 0 Å². The maximum absolute atomic E-state index is 4.88. The van der Waals surface area contributed by atoms with Gasteiger partial charge in [-0.05, 0) is 11.1 Å². The van der Waals surface area contributed by atoms with Crippen LogP contribution in [0.3, 0.4) is 0 Å². The number of hydrogen-bond donors (Lipinski definition) is 0. The molecular weight excluding hydrogens is 458 g/mol. The van der Waals surface area contributed by atoms with Crippen LogP contribution in [0.5, 0.6) is 0 Å². The SMILES string of the molecule is C=Cc1ccccc1.C=Cc1ccccc1.[Cl][Pt][Cl]. The van der Waals surface area contributed by atoms with Gasteiger partial charge >= 0.3 is 35.3 Å². The number of hydrogen-bond acceptors (Lipinski definition) is 0. The van der Waals surface area contributed by atoms with E-state index in [1.165, 1.54) is 11.1 Å². The maximum atomic E-state index is 4.88. The van der Waals surface area contributed by atoms with E-state index in [0.29, 0.717) is 0 Å². The third kappa shape index (κ3) is 10.8. The fourth-order valence-corrected chi connectivity index (χ4v) is 1.18. The third-order valence-corrected chi connectivity index (χ3v) is 2.07. The zero-order chi connectivity index (χ0) is 14.3. The average Bonchev–Trinajstić information content (AvgIpc) is 2.50. The number of halogens is 2. The van der Waals surface area contributed by atoms with Gasteiger partial charge in [0.25, 0.3) is 0 Å². The second-order valence-electron chi connectivity index (χ2n) is 3.27. The molecule has 0 fully saturated rings. The van der Waals surface area contributed by atoms with Crippen molar-refractivity contribution >= 4 is 31.0 Å². The molecule has 0 nitrogen and oxygen atoms in total. The summed E-state index contributed by atoms with van der Waals surface area (Å²) in [6.45, 7) is 7.26. The first kappa shape index (κ1) is 18.2. The Bertz CT molecular complexity index is 397. The Hall–Kier alpha value is -0.812. The summed E-state index contributed by atoms with van der Waals surface area (Å²) in [7, 11) is 9.75.